The molecule has 27 heavy (non-hydrogen) atoms. The van der Waals surface area contributed by atoms with Gasteiger partial charge in [-0.2, -0.15) is 0 Å². The summed E-state index contributed by atoms with van der Waals surface area (Å²) in [6, 6.07) is 6.74. The first-order valence-corrected chi connectivity index (χ1v) is 9.88. The topological polar surface area (TPSA) is 79.4 Å². The van der Waals surface area contributed by atoms with Crippen molar-refractivity contribution in [1.82, 2.24) is 9.88 Å². The summed E-state index contributed by atoms with van der Waals surface area (Å²) in [5.41, 5.74) is 1.17. The molecule has 1 atom stereocenters. The van der Waals surface area contributed by atoms with Crippen molar-refractivity contribution in [2.75, 3.05) is 18.4 Å². The quantitative estimate of drug-likeness (QED) is 0.784. The highest BCUT2D eigenvalue weighted by Gasteiger charge is 2.29. The van der Waals surface area contributed by atoms with Crippen molar-refractivity contribution in [1.29, 1.82) is 0 Å². The van der Waals surface area contributed by atoms with Gasteiger partial charge in [-0.05, 0) is 44.0 Å². The fourth-order valence-electron chi connectivity index (χ4n) is 3.13. The van der Waals surface area contributed by atoms with Gasteiger partial charge in [-0.1, -0.05) is 22.9 Å². The van der Waals surface area contributed by atoms with E-state index in [9.17, 15) is 14.4 Å². The van der Waals surface area contributed by atoms with Gasteiger partial charge < -0.3 is 10.2 Å². The standard InChI is InChI=1S/C19H20ClN3O3S/c1-11-16(12(2)24)27-19(21-11)22-17(25)14-4-3-9-23(10-14)18(26)13-5-7-15(20)8-6-13/h5-8,14H,3-4,9-10H2,1-2H3,(H,21,22,25)/t14-/m0/s1. The van der Waals surface area contributed by atoms with E-state index in [2.05, 4.69) is 10.3 Å². The zero-order valence-electron chi connectivity index (χ0n) is 15.1. The molecule has 142 valence electrons. The molecule has 1 fully saturated rings. The molecule has 0 radical (unpaired) electrons. The van der Waals surface area contributed by atoms with Crippen LogP contribution in [-0.4, -0.2) is 40.6 Å². The van der Waals surface area contributed by atoms with Crippen LogP contribution in [0.15, 0.2) is 24.3 Å². The minimum atomic E-state index is -0.306. The Morgan fingerprint density at radius 3 is 2.59 bits per heavy atom. The minimum absolute atomic E-state index is 0.0668. The fourth-order valence-corrected chi connectivity index (χ4v) is 4.13. The number of thiazole rings is 1. The number of amides is 2. The molecule has 2 aromatic rings. The molecule has 1 aliphatic heterocycles. The number of carbonyl (C=O) groups excluding carboxylic acids is 3. The van der Waals surface area contributed by atoms with Crippen molar-refractivity contribution < 1.29 is 14.4 Å². The summed E-state index contributed by atoms with van der Waals surface area (Å²) in [7, 11) is 0. The Morgan fingerprint density at radius 2 is 1.96 bits per heavy atom. The molecule has 0 spiro atoms. The molecule has 0 aliphatic carbocycles. The maximum absolute atomic E-state index is 12.7. The molecule has 1 aliphatic rings. The average Bonchev–Trinajstić information content (AvgIpc) is 3.02. The first-order valence-electron chi connectivity index (χ1n) is 8.69. The number of hydrogen-bond acceptors (Lipinski definition) is 5. The predicted molar refractivity (Wildman–Crippen MR) is 106 cm³/mol. The number of aromatic nitrogens is 1. The van der Waals surface area contributed by atoms with Gasteiger partial charge in [0.2, 0.25) is 5.91 Å². The van der Waals surface area contributed by atoms with Gasteiger partial charge in [0.1, 0.15) is 0 Å². The third-order valence-corrected chi connectivity index (χ3v) is 5.94. The Labute approximate surface area is 166 Å². The smallest absolute Gasteiger partial charge is 0.253 e. The molecule has 1 aromatic carbocycles. The highest BCUT2D eigenvalue weighted by Crippen LogP contribution is 2.25. The molecule has 0 bridgehead atoms. The number of likely N-dealkylation sites (tertiary alicyclic amines) is 1. The molecule has 2 amide bonds. The lowest BCUT2D eigenvalue weighted by molar-refractivity contribution is -0.121. The van der Waals surface area contributed by atoms with E-state index < -0.39 is 0 Å². The van der Waals surface area contributed by atoms with Gasteiger partial charge in [0, 0.05) is 30.6 Å². The molecule has 1 N–H and O–H groups in total. The van der Waals surface area contributed by atoms with E-state index in [4.69, 9.17) is 11.6 Å². The van der Waals surface area contributed by atoms with Crippen molar-refractivity contribution >= 4 is 45.7 Å². The van der Waals surface area contributed by atoms with Crippen LogP contribution in [0, 0.1) is 12.8 Å². The van der Waals surface area contributed by atoms with Gasteiger partial charge in [-0.25, -0.2) is 4.98 Å². The maximum Gasteiger partial charge on any atom is 0.253 e. The number of hydrogen-bond donors (Lipinski definition) is 1. The number of halogens is 1. The zero-order chi connectivity index (χ0) is 19.6. The summed E-state index contributed by atoms with van der Waals surface area (Å²) in [5, 5.41) is 3.79. The van der Waals surface area contributed by atoms with Crippen molar-refractivity contribution in [3.63, 3.8) is 0 Å². The Morgan fingerprint density at radius 1 is 1.26 bits per heavy atom. The SMILES string of the molecule is CC(=O)c1sc(NC(=O)[C@H]2CCCN(C(=O)c3ccc(Cl)cc3)C2)nc1C. The number of benzene rings is 1. The van der Waals surface area contributed by atoms with Gasteiger partial charge in [0.25, 0.3) is 5.91 Å². The van der Waals surface area contributed by atoms with Crippen molar-refractivity contribution in [2.45, 2.75) is 26.7 Å². The molecule has 1 saturated heterocycles. The van der Waals surface area contributed by atoms with Gasteiger partial charge in [-0.3, -0.25) is 14.4 Å². The molecule has 0 unspecified atom stereocenters. The van der Waals surface area contributed by atoms with E-state index in [0.29, 0.717) is 45.8 Å². The van der Waals surface area contributed by atoms with Crippen LogP contribution in [-0.2, 0) is 4.79 Å². The van der Waals surface area contributed by atoms with Crippen LogP contribution in [0.5, 0.6) is 0 Å². The largest absolute Gasteiger partial charge is 0.338 e. The number of nitrogens with one attached hydrogen (secondary N) is 1. The Kier molecular flexibility index (Phi) is 5.92. The van der Waals surface area contributed by atoms with E-state index in [0.717, 1.165) is 6.42 Å². The van der Waals surface area contributed by atoms with Crippen LogP contribution in [0.3, 0.4) is 0 Å². The Hall–Kier alpha value is -2.25. The highest BCUT2D eigenvalue weighted by molar-refractivity contribution is 7.17. The summed E-state index contributed by atoms with van der Waals surface area (Å²) in [6.07, 6.45) is 1.47. The number of Topliss-reactive ketones (excluding diaryl/α,β-unsaturated/α-hetero) is 1. The van der Waals surface area contributed by atoms with E-state index in [-0.39, 0.29) is 23.5 Å². The van der Waals surface area contributed by atoms with E-state index in [1.807, 2.05) is 0 Å². The maximum atomic E-state index is 12.7. The number of nitrogens with zero attached hydrogens (tertiary/aromatic N) is 2. The first kappa shape index (κ1) is 19.5. The molecular formula is C19H20ClN3O3S. The number of piperidine rings is 1. The third kappa shape index (κ3) is 4.54. The fraction of sp³-hybridized carbons (Fsp3) is 0.368. The number of ketones is 1. The summed E-state index contributed by atoms with van der Waals surface area (Å²) in [6.45, 7) is 4.21. The number of aryl methyl sites for hydroxylation is 1. The summed E-state index contributed by atoms with van der Waals surface area (Å²) in [5.74, 6) is -0.650. The molecule has 3 rings (SSSR count). The lowest BCUT2D eigenvalue weighted by Gasteiger charge is -2.32. The van der Waals surface area contributed by atoms with Crippen molar-refractivity contribution in [3.05, 3.63) is 45.4 Å². The zero-order valence-corrected chi connectivity index (χ0v) is 16.7. The van der Waals surface area contributed by atoms with Crippen LogP contribution in [0.25, 0.3) is 0 Å². The molecule has 6 nitrogen and oxygen atoms in total. The summed E-state index contributed by atoms with van der Waals surface area (Å²) in [4.78, 5) is 43.3. The van der Waals surface area contributed by atoms with Crippen LogP contribution in [0.2, 0.25) is 5.02 Å². The van der Waals surface area contributed by atoms with Crippen molar-refractivity contribution in [3.8, 4) is 0 Å². The second-order valence-electron chi connectivity index (χ2n) is 6.58. The Bertz CT molecular complexity index is 879. The molecular weight excluding hydrogens is 386 g/mol. The van der Waals surface area contributed by atoms with Gasteiger partial charge >= 0.3 is 0 Å². The van der Waals surface area contributed by atoms with Crippen LogP contribution >= 0.6 is 22.9 Å². The number of rotatable bonds is 4. The molecule has 8 heteroatoms. The second-order valence-corrected chi connectivity index (χ2v) is 8.01. The van der Waals surface area contributed by atoms with Gasteiger partial charge in [-0.15, -0.1) is 0 Å². The minimum Gasteiger partial charge on any atom is -0.338 e. The third-order valence-electron chi connectivity index (χ3n) is 4.52. The number of carbonyl (C=O) groups is 3. The number of anilines is 1. The van der Waals surface area contributed by atoms with E-state index in [1.54, 1.807) is 36.1 Å². The van der Waals surface area contributed by atoms with Crippen LogP contribution in [0.4, 0.5) is 5.13 Å². The lowest BCUT2D eigenvalue weighted by atomic mass is 9.96. The summed E-state index contributed by atoms with van der Waals surface area (Å²) >= 11 is 7.05. The van der Waals surface area contributed by atoms with Gasteiger partial charge in [0.15, 0.2) is 10.9 Å². The lowest BCUT2D eigenvalue weighted by Crippen LogP contribution is -2.43. The molecule has 1 aromatic heterocycles. The van der Waals surface area contributed by atoms with E-state index in [1.165, 1.54) is 18.3 Å². The molecule has 2 heterocycles. The first-order chi connectivity index (χ1) is 12.8. The summed E-state index contributed by atoms with van der Waals surface area (Å²) < 4.78 is 0. The normalized spacial score (nSPS) is 16.9. The molecule has 0 saturated carbocycles. The second kappa shape index (κ2) is 8.19. The predicted octanol–water partition coefficient (Wildman–Crippen LogP) is 3.80. The Balaban J connectivity index is 1.65. The average molecular weight is 406 g/mol. The van der Waals surface area contributed by atoms with Gasteiger partial charge in [0.05, 0.1) is 16.5 Å². The van der Waals surface area contributed by atoms with Crippen molar-refractivity contribution in [2.24, 2.45) is 5.92 Å². The highest BCUT2D eigenvalue weighted by atomic mass is 35.5. The monoisotopic (exact) mass is 405 g/mol. The van der Waals surface area contributed by atoms with Crippen LogP contribution in [0.1, 0.15) is 45.5 Å². The van der Waals surface area contributed by atoms with E-state index >= 15 is 0 Å². The van der Waals surface area contributed by atoms with Crippen LogP contribution < -0.4 is 5.32 Å².